The Kier molecular flexibility index (Phi) is 4.55. The van der Waals surface area contributed by atoms with Crippen molar-refractivity contribution in [1.82, 2.24) is 9.29 Å². The van der Waals surface area contributed by atoms with Crippen LogP contribution in [0.1, 0.15) is 10.5 Å². The largest absolute Gasteiger partial charge is 0.349 e. The Morgan fingerprint density at radius 2 is 1.84 bits per heavy atom. The van der Waals surface area contributed by atoms with Crippen molar-refractivity contribution >= 4 is 44.1 Å². The van der Waals surface area contributed by atoms with Crippen LogP contribution in [0.3, 0.4) is 0 Å². The lowest BCUT2D eigenvalue weighted by Crippen LogP contribution is -2.22. The monoisotopic (exact) mass is 377 g/mol. The third kappa shape index (κ3) is 3.26. The third-order valence-electron chi connectivity index (χ3n) is 3.74. The molecule has 8 heteroatoms. The van der Waals surface area contributed by atoms with Gasteiger partial charge in [-0.05, 0) is 24.3 Å². The second-order valence-electron chi connectivity index (χ2n) is 5.63. The molecule has 3 rings (SSSR count). The summed E-state index contributed by atoms with van der Waals surface area (Å²) >= 11 is 6.27. The quantitative estimate of drug-likeness (QED) is 0.731. The Balaban J connectivity index is 1.92. The standard InChI is InChI=1S/C17H16ClN3O3S/c1-21(2)25(23,24)12-7-5-6-11(10-12)19-17(22)16-15(18)13-8-3-4-9-14(13)20-16/h3-10,20H,1-2H3,(H,19,22). The van der Waals surface area contributed by atoms with Crippen molar-refractivity contribution in [2.45, 2.75) is 4.90 Å². The van der Waals surface area contributed by atoms with Crippen molar-refractivity contribution in [2.75, 3.05) is 19.4 Å². The fourth-order valence-corrected chi connectivity index (χ4v) is 3.65. The molecule has 3 aromatic rings. The average Bonchev–Trinajstić information content (AvgIpc) is 2.92. The smallest absolute Gasteiger partial charge is 0.273 e. The lowest BCUT2D eigenvalue weighted by atomic mass is 10.2. The number of hydrogen-bond acceptors (Lipinski definition) is 3. The maximum atomic E-state index is 12.5. The highest BCUT2D eigenvalue weighted by molar-refractivity contribution is 7.89. The molecule has 0 fully saturated rings. The SMILES string of the molecule is CN(C)S(=O)(=O)c1cccc(NC(=O)c2[nH]c3ccccc3c2Cl)c1. The van der Waals surface area contributed by atoms with Gasteiger partial charge in [-0.15, -0.1) is 0 Å². The number of benzene rings is 2. The van der Waals surface area contributed by atoms with Gasteiger partial charge >= 0.3 is 0 Å². The van der Waals surface area contributed by atoms with Gasteiger partial charge < -0.3 is 10.3 Å². The maximum absolute atomic E-state index is 12.5. The first-order valence-electron chi connectivity index (χ1n) is 7.41. The van der Waals surface area contributed by atoms with E-state index in [0.717, 1.165) is 15.2 Å². The topological polar surface area (TPSA) is 82.3 Å². The second kappa shape index (κ2) is 6.51. The van der Waals surface area contributed by atoms with Crippen LogP contribution in [-0.4, -0.2) is 37.7 Å². The number of nitrogens with one attached hydrogen (secondary N) is 2. The van der Waals surface area contributed by atoms with Gasteiger partial charge in [0.25, 0.3) is 5.91 Å². The van der Waals surface area contributed by atoms with E-state index in [0.29, 0.717) is 10.7 Å². The highest BCUT2D eigenvalue weighted by Gasteiger charge is 2.19. The molecule has 0 unspecified atom stereocenters. The third-order valence-corrected chi connectivity index (χ3v) is 5.94. The molecular formula is C17H16ClN3O3S. The fraction of sp³-hybridized carbons (Fsp3) is 0.118. The van der Waals surface area contributed by atoms with Gasteiger partial charge in [0.1, 0.15) is 5.69 Å². The van der Waals surface area contributed by atoms with Gasteiger partial charge in [-0.2, -0.15) is 0 Å². The Morgan fingerprint density at radius 1 is 1.12 bits per heavy atom. The number of sulfonamides is 1. The van der Waals surface area contributed by atoms with E-state index < -0.39 is 15.9 Å². The number of aromatic nitrogens is 1. The first kappa shape index (κ1) is 17.5. The molecule has 0 aliphatic heterocycles. The number of amides is 1. The second-order valence-corrected chi connectivity index (χ2v) is 8.16. The normalized spacial score (nSPS) is 11.8. The molecule has 0 bridgehead atoms. The molecule has 0 saturated heterocycles. The van der Waals surface area contributed by atoms with Gasteiger partial charge in [0.15, 0.2) is 0 Å². The van der Waals surface area contributed by atoms with Crippen LogP contribution in [0.2, 0.25) is 5.02 Å². The van der Waals surface area contributed by atoms with Gasteiger partial charge in [0.2, 0.25) is 10.0 Å². The predicted molar refractivity (Wildman–Crippen MR) is 98.6 cm³/mol. The zero-order chi connectivity index (χ0) is 18.2. The Labute approximate surface area is 150 Å². The molecule has 0 radical (unpaired) electrons. The summed E-state index contributed by atoms with van der Waals surface area (Å²) in [6.07, 6.45) is 0. The van der Waals surface area contributed by atoms with Crippen molar-refractivity contribution < 1.29 is 13.2 Å². The van der Waals surface area contributed by atoms with Gasteiger partial charge in [-0.25, -0.2) is 12.7 Å². The highest BCUT2D eigenvalue weighted by Crippen LogP contribution is 2.28. The number of fused-ring (bicyclic) bond motifs is 1. The van der Waals surface area contributed by atoms with Gasteiger partial charge in [0, 0.05) is 30.7 Å². The van der Waals surface area contributed by atoms with E-state index >= 15 is 0 Å². The number of H-pyrrole nitrogens is 1. The van der Waals surface area contributed by atoms with Crippen molar-refractivity contribution in [3.8, 4) is 0 Å². The molecule has 0 aliphatic carbocycles. The van der Waals surface area contributed by atoms with Crippen LogP contribution < -0.4 is 5.32 Å². The summed E-state index contributed by atoms with van der Waals surface area (Å²) in [5.41, 5.74) is 1.34. The van der Waals surface area contributed by atoms with E-state index in [2.05, 4.69) is 10.3 Å². The maximum Gasteiger partial charge on any atom is 0.273 e. The van der Waals surface area contributed by atoms with Crippen LogP contribution in [-0.2, 0) is 10.0 Å². The molecule has 2 N–H and O–H groups in total. The van der Waals surface area contributed by atoms with E-state index in [1.54, 1.807) is 12.1 Å². The summed E-state index contributed by atoms with van der Waals surface area (Å²) in [6.45, 7) is 0. The molecular weight excluding hydrogens is 362 g/mol. The van der Waals surface area contributed by atoms with Crippen molar-refractivity contribution in [3.63, 3.8) is 0 Å². The number of halogens is 1. The lowest BCUT2D eigenvalue weighted by molar-refractivity contribution is 0.102. The van der Waals surface area contributed by atoms with Crippen LogP contribution in [0.25, 0.3) is 10.9 Å². The molecule has 0 aliphatic rings. The first-order valence-corrected chi connectivity index (χ1v) is 9.22. The van der Waals surface area contributed by atoms with Crippen molar-refractivity contribution in [1.29, 1.82) is 0 Å². The molecule has 1 aromatic heterocycles. The fourth-order valence-electron chi connectivity index (χ4n) is 2.40. The van der Waals surface area contributed by atoms with E-state index in [4.69, 9.17) is 11.6 Å². The van der Waals surface area contributed by atoms with Crippen molar-refractivity contribution in [2.24, 2.45) is 0 Å². The summed E-state index contributed by atoms with van der Waals surface area (Å²) in [5, 5.41) is 3.75. The Morgan fingerprint density at radius 3 is 2.52 bits per heavy atom. The minimum Gasteiger partial charge on any atom is -0.349 e. The van der Waals surface area contributed by atoms with Crippen LogP contribution in [0.15, 0.2) is 53.4 Å². The van der Waals surface area contributed by atoms with Crippen LogP contribution in [0.5, 0.6) is 0 Å². The molecule has 130 valence electrons. The molecule has 0 spiro atoms. The molecule has 2 aromatic carbocycles. The summed E-state index contributed by atoms with van der Waals surface area (Å²) in [4.78, 5) is 15.6. The predicted octanol–water partition coefficient (Wildman–Crippen LogP) is 3.32. The average molecular weight is 378 g/mol. The van der Waals surface area contributed by atoms with Crippen molar-refractivity contribution in [3.05, 3.63) is 59.2 Å². The summed E-state index contributed by atoms with van der Waals surface area (Å²) in [5.74, 6) is -0.444. The molecule has 6 nitrogen and oxygen atoms in total. The van der Waals surface area contributed by atoms with E-state index in [-0.39, 0.29) is 10.6 Å². The molecule has 1 amide bonds. The number of hydrogen-bond donors (Lipinski definition) is 2. The number of aromatic amines is 1. The van der Waals surface area contributed by atoms with Crippen LogP contribution >= 0.6 is 11.6 Å². The number of carbonyl (C=O) groups excluding carboxylic acids is 1. The first-order chi connectivity index (χ1) is 11.8. The van der Waals surface area contributed by atoms with Crippen LogP contribution in [0, 0.1) is 0 Å². The van der Waals surface area contributed by atoms with Gasteiger partial charge in [-0.3, -0.25) is 4.79 Å². The minimum absolute atomic E-state index is 0.0954. The minimum atomic E-state index is -3.58. The molecule has 0 saturated carbocycles. The zero-order valence-corrected chi connectivity index (χ0v) is 15.1. The summed E-state index contributed by atoms with van der Waals surface area (Å²) in [7, 11) is -0.682. The van der Waals surface area contributed by atoms with E-state index in [9.17, 15) is 13.2 Å². The van der Waals surface area contributed by atoms with E-state index in [1.807, 2.05) is 24.3 Å². The Hall–Kier alpha value is -2.35. The lowest BCUT2D eigenvalue weighted by Gasteiger charge is -2.12. The number of para-hydroxylation sites is 1. The highest BCUT2D eigenvalue weighted by atomic mass is 35.5. The molecule has 25 heavy (non-hydrogen) atoms. The van der Waals surface area contributed by atoms with Gasteiger partial charge in [-0.1, -0.05) is 35.9 Å². The molecule has 0 atom stereocenters. The summed E-state index contributed by atoms with van der Waals surface area (Å²) < 4.78 is 25.5. The summed E-state index contributed by atoms with van der Waals surface area (Å²) in [6, 6.07) is 13.4. The molecule has 1 heterocycles. The van der Waals surface area contributed by atoms with E-state index in [1.165, 1.54) is 26.2 Å². The Bertz CT molecular complexity index is 1060. The number of anilines is 1. The van der Waals surface area contributed by atoms with Crippen LogP contribution in [0.4, 0.5) is 5.69 Å². The number of rotatable bonds is 4. The zero-order valence-electron chi connectivity index (χ0n) is 13.6. The number of nitrogens with zero attached hydrogens (tertiary/aromatic N) is 1. The van der Waals surface area contributed by atoms with Gasteiger partial charge in [0.05, 0.1) is 9.92 Å². The number of carbonyl (C=O) groups is 1.